The summed E-state index contributed by atoms with van der Waals surface area (Å²) >= 11 is 4.28. The van der Waals surface area contributed by atoms with Gasteiger partial charge in [0.2, 0.25) is 0 Å². The van der Waals surface area contributed by atoms with Crippen LogP contribution in [0.15, 0.2) is 0 Å². The maximum Gasteiger partial charge on any atom is 0.260 e. The molecule has 0 aliphatic rings. The number of nitrogens with one attached hydrogen (secondary N) is 2. The minimum Gasteiger partial charge on any atom is -0.309 e. The van der Waals surface area contributed by atoms with Crippen molar-refractivity contribution in [1.29, 1.82) is 0 Å². The van der Waals surface area contributed by atoms with Crippen LogP contribution in [0.3, 0.4) is 0 Å². The van der Waals surface area contributed by atoms with Crippen LogP contribution in [0.25, 0.3) is 0 Å². The molecule has 0 saturated heterocycles. The summed E-state index contributed by atoms with van der Waals surface area (Å²) in [4.78, 5) is 11.0. The fraction of sp³-hybridized carbons (Fsp3) is 0.857. The summed E-state index contributed by atoms with van der Waals surface area (Å²) in [7, 11) is 1.67. The maximum atomic E-state index is 11.0. The van der Waals surface area contributed by atoms with Crippen LogP contribution in [0.4, 0.5) is 0 Å². The van der Waals surface area contributed by atoms with E-state index in [-0.39, 0.29) is 4.75 Å². The number of amides is 1. The quantitative estimate of drug-likeness (QED) is 0.292. The zero-order valence-electron chi connectivity index (χ0n) is 7.59. The molecule has 1 atom stereocenters. The van der Waals surface area contributed by atoms with Gasteiger partial charge in [0, 0.05) is 4.75 Å². The van der Waals surface area contributed by atoms with E-state index >= 15 is 0 Å². The SMILES string of the molecule is CN[C@@H](CC(C)(C)S)C(=O)NO. The Hall–Kier alpha value is -0.260. The first-order valence-electron chi connectivity index (χ1n) is 3.74. The molecular formula is C7H16N2O2S. The fourth-order valence-electron chi connectivity index (χ4n) is 0.903. The van der Waals surface area contributed by atoms with Crippen molar-refractivity contribution < 1.29 is 10.0 Å². The summed E-state index contributed by atoms with van der Waals surface area (Å²) in [5.41, 5.74) is 1.60. The van der Waals surface area contributed by atoms with E-state index in [1.807, 2.05) is 13.8 Å². The van der Waals surface area contributed by atoms with Crippen LogP contribution in [0.5, 0.6) is 0 Å². The summed E-state index contributed by atoms with van der Waals surface area (Å²) in [6.07, 6.45) is 0.555. The molecular weight excluding hydrogens is 176 g/mol. The highest BCUT2D eigenvalue weighted by Gasteiger charge is 2.23. The van der Waals surface area contributed by atoms with Gasteiger partial charge in [0.25, 0.3) is 5.91 Å². The number of thiol groups is 1. The molecule has 0 aliphatic heterocycles. The molecule has 4 nitrogen and oxygen atoms in total. The topological polar surface area (TPSA) is 61.4 Å². The molecule has 0 radical (unpaired) electrons. The van der Waals surface area contributed by atoms with Gasteiger partial charge < -0.3 is 5.32 Å². The second-order valence-corrected chi connectivity index (χ2v) is 4.54. The van der Waals surface area contributed by atoms with Crippen molar-refractivity contribution in [3.63, 3.8) is 0 Å². The Bertz CT molecular complexity index is 156. The molecule has 0 rings (SSSR count). The molecule has 0 aromatic heterocycles. The fourth-order valence-corrected chi connectivity index (χ4v) is 1.09. The number of hydrogen-bond acceptors (Lipinski definition) is 4. The monoisotopic (exact) mass is 192 g/mol. The molecule has 0 saturated carbocycles. The Morgan fingerprint density at radius 2 is 2.17 bits per heavy atom. The van der Waals surface area contributed by atoms with Crippen molar-refractivity contribution in [3.8, 4) is 0 Å². The zero-order chi connectivity index (χ0) is 9.78. The van der Waals surface area contributed by atoms with E-state index in [1.165, 1.54) is 0 Å². The van der Waals surface area contributed by atoms with E-state index in [0.29, 0.717) is 6.42 Å². The van der Waals surface area contributed by atoms with Gasteiger partial charge in [-0.1, -0.05) is 13.8 Å². The molecule has 5 heteroatoms. The van der Waals surface area contributed by atoms with Gasteiger partial charge in [0.1, 0.15) is 0 Å². The van der Waals surface area contributed by atoms with Crippen molar-refractivity contribution in [2.24, 2.45) is 0 Å². The van der Waals surface area contributed by atoms with Crippen LogP contribution >= 0.6 is 12.6 Å². The van der Waals surface area contributed by atoms with Gasteiger partial charge >= 0.3 is 0 Å². The van der Waals surface area contributed by atoms with Crippen molar-refractivity contribution in [1.82, 2.24) is 10.8 Å². The van der Waals surface area contributed by atoms with E-state index < -0.39 is 11.9 Å². The zero-order valence-corrected chi connectivity index (χ0v) is 8.48. The highest BCUT2D eigenvalue weighted by molar-refractivity contribution is 7.81. The molecule has 0 fully saturated rings. The molecule has 0 aliphatic carbocycles. The van der Waals surface area contributed by atoms with E-state index in [4.69, 9.17) is 5.21 Å². The molecule has 1 amide bonds. The van der Waals surface area contributed by atoms with Gasteiger partial charge in [-0.2, -0.15) is 12.6 Å². The van der Waals surface area contributed by atoms with Crippen molar-refractivity contribution >= 4 is 18.5 Å². The Morgan fingerprint density at radius 1 is 1.67 bits per heavy atom. The second kappa shape index (κ2) is 4.69. The van der Waals surface area contributed by atoms with Gasteiger partial charge in [-0.15, -0.1) is 0 Å². The van der Waals surface area contributed by atoms with Gasteiger partial charge in [0.05, 0.1) is 6.04 Å². The number of likely N-dealkylation sites (N-methyl/N-ethyl adjacent to an activating group) is 1. The highest BCUT2D eigenvalue weighted by atomic mass is 32.1. The molecule has 0 bridgehead atoms. The first-order valence-corrected chi connectivity index (χ1v) is 4.19. The minimum absolute atomic E-state index is 0.236. The Morgan fingerprint density at radius 3 is 2.42 bits per heavy atom. The summed E-state index contributed by atoms with van der Waals surface area (Å²) in [6, 6.07) is -0.400. The van der Waals surface area contributed by atoms with E-state index in [0.717, 1.165) is 0 Å². The van der Waals surface area contributed by atoms with Crippen LogP contribution in [0, 0.1) is 0 Å². The molecule has 12 heavy (non-hydrogen) atoms. The second-order valence-electron chi connectivity index (χ2n) is 3.33. The van der Waals surface area contributed by atoms with E-state index in [9.17, 15) is 4.79 Å². The van der Waals surface area contributed by atoms with E-state index in [2.05, 4.69) is 17.9 Å². The lowest BCUT2D eigenvalue weighted by atomic mass is 10.0. The van der Waals surface area contributed by atoms with Crippen LogP contribution in [0.1, 0.15) is 20.3 Å². The number of carbonyl (C=O) groups is 1. The largest absolute Gasteiger partial charge is 0.309 e. The maximum absolute atomic E-state index is 11.0. The Balaban J connectivity index is 4.09. The Kier molecular flexibility index (Phi) is 4.59. The summed E-state index contributed by atoms with van der Waals surface area (Å²) in [5.74, 6) is -0.431. The molecule has 0 heterocycles. The van der Waals surface area contributed by atoms with Gasteiger partial charge in [0.15, 0.2) is 0 Å². The first kappa shape index (κ1) is 11.7. The van der Waals surface area contributed by atoms with Crippen LogP contribution in [-0.4, -0.2) is 29.0 Å². The van der Waals surface area contributed by atoms with Crippen molar-refractivity contribution in [2.75, 3.05) is 7.05 Å². The van der Waals surface area contributed by atoms with Gasteiger partial charge in [-0.05, 0) is 13.5 Å². The molecule has 0 unspecified atom stereocenters. The Labute approximate surface area is 78.1 Å². The third-order valence-electron chi connectivity index (χ3n) is 1.48. The number of carbonyl (C=O) groups excluding carboxylic acids is 1. The van der Waals surface area contributed by atoms with Crippen molar-refractivity contribution in [2.45, 2.75) is 31.1 Å². The average Bonchev–Trinajstić information content (AvgIpc) is 1.97. The van der Waals surface area contributed by atoms with Crippen LogP contribution in [-0.2, 0) is 4.79 Å². The lowest BCUT2D eigenvalue weighted by Gasteiger charge is -2.23. The molecule has 0 aromatic carbocycles. The normalized spacial score (nSPS) is 14.1. The van der Waals surface area contributed by atoms with Crippen LogP contribution < -0.4 is 10.8 Å². The van der Waals surface area contributed by atoms with Crippen LogP contribution in [0.2, 0.25) is 0 Å². The predicted octanol–water partition coefficient (Wildman–Crippen LogP) is 0.178. The molecule has 3 N–H and O–H groups in total. The third kappa shape index (κ3) is 4.58. The molecule has 0 aromatic rings. The van der Waals surface area contributed by atoms with Gasteiger partial charge in [-0.3, -0.25) is 10.0 Å². The molecule has 0 spiro atoms. The third-order valence-corrected chi connectivity index (χ3v) is 1.66. The van der Waals surface area contributed by atoms with Crippen molar-refractivity contribution in [3.05, 3.63) is 0 Å². The first-order chi connectivity index (χ1) is 5.40. The number of hydroxylamine groups is 1. The highest BCUT2D eigenvalue weighted by Crippen LogP contribution is 2.18. The standard InChI is InChI=1S/C7H16N2O2S/c1-7(2,12)4-5(8-3)6(10)9-11/h5,8,11-12H,4H2,1-3H3,(H,9,10)/t5-/m0/s1. The molecule has 72 valence electrons. The summed E-state index contributed by atoms with van der Waals surface area (Å²) in [6.45, 7) is 3.82. The van der Waals surface area contributed by atoms with E-state index in [1.54, 1.807) is 12.5 Å². The van der Waals surface area contributed by atoms with Gasteiger partial charge in [-0.25, -0.2) is 5.48 Å². The smallest absolute Gasteiger partial charge is 0.260 e. The summed E-state index contributed by atoms with van der Waals surface area (Å²) in [5, 5.41) is 11.2. The number of hydrogen-bond donors (Lipinski definition) is 4. The average molecular weight is 192 g/mol. The number of rotatable bonds is 4. The summed E-state index contributed by atoms with van der Waals surface area (Å²) < 4.78 is -0.236. The lowest BCUT2D eigenvalue weighted by Crippen LogP contribution is -2.44. The lowest BCUT2D eigenvalue weighted by molar-refractivity contribution is -0.131. The minimum atomic E-state index is -0.431. The predicted molar refractivity (Wildman–Crippen MR) is 50.5 cm³/mol.